The number of benzene rings is 1. The Morgan fingerprint density at radius 3 is 2.61 bits per heavy atom. The molecular formula is C25H26FN7O3. The molecule has 3 heterocycles. The molecule has 4 rings (SSSR count). The fourth-order valence-electron chi connectivity index (χ4n) is 4.26. The number of rotatable bonds is 7. The number of amides is 1. The maximum Gasteiger partial charge on any atom is 0.321 e. The largest absolute Gasteiger partial charge is 0.462 e. The number of piperazine rings is 1. The highest BCUT2D eigenvalue weighted by Gasteiger charge is 2.28. The smallest absolute Gasteiger partial charge is 0.321 e. The second-order valence-corrected chi connectivity index (χ2v) is 8.58. The summed E-state index contributed by atoms with van der Waals surface area (Å²) >= 11 is 0. The van der Waals surface area contributed by atoms with Crippen molar-refractivity contribution in [1.82, 2.24) is 19.8 Å². The van der Waals surface area contributed by atoms with Gasteiger partial charge in [0, 0.05) is 32.2 Å². The molecule has 1 atom stereocenters. The topological polar surface area (TPSA) is 119 Å². The average Bonchev–Trinajstić information content (AvgIpc) is 3.32. The number of halogens is 1. The molecule has 10 nitrogen and oxygen atoms in total. The fourth-order valence-corrected chi connectivity index (χ4v) is 4.26. The Bertz CT molecular complexity index is 1230. The maximum absolute atomic E-state index is 14.6. The lowest BCUT2D eigenvalue weighted by atomic mass is 10.2. The lowest BCUT2D eigenvalue weighted by Gasteiger charge is -2.35. The van der Waals surface area contributed by atoms with Crippen LogP contribution in [0, 0.1) is 28.5 Å². The molecule has 0 spiro atoms. The van der Waals surface area contributed by atoms with Gasteiger partial charge in [0.1, 0.15) is 12.7 Å². The predicted molar refractivity (Wildman–Crippen MR) is 128 cm³/mol. The summed E-state index contributed by atoms with van der Waals surface area (Å²) in [6.07, 6.45) is 3.33. The molecule has 0 N–H and O–H groups in total. The Morgan fingerprint density at radius 1 is 1.22 bits per heavy atom. The molecule has 2 aliphatic rings. The van der Waals surface area contributed by atoms with Gasteiger partial charge in [-0.05, 0) is 50.7 Å². The van der Waals surface area contributed by atoms with Crippen molar-refractivity contribution in [3.63, 3.8) is 0 Å². The van der Waals surface area contributed by atoms with E-state index in [0.29, 0.717) is 32.8 Å². The van der Waals surface area contributed by atoms with E-state index in [1.807, 2.05) is 18.0 Å². The number of nitrogens with zero attached hydrogens (tertiary/aromatic N) is 7. The first-order valence-corrected chi connectivity index (χ1v) is 11.6. The number of anilines is 1. The van der Waals surface area contributed by atoms with Crippen LogP contribution in [0.2, 0.25) is 0 Å². The zero-order chi connectivity index (χ0) is 25.7. The van der Waals surface area contributed by atoms with Gasteiger partial charge in [-0.15, -0.1) is 0 Å². The zero-order valence-corrected chi connectivity index (χ0v) is 20.0. The first-order valence-electron chi connectivity index (χ1n) is 11.6. The average molecular weight is 492 g/mol. The van der Waals surface area contributed by atoms with Crippen molar-refractivity contribution in [2.75, 3.05) is 51.3 Å². The van der Waals surface area contributed by atoms with Crippen LogP contribution in [-0.4, -0.2) is 78.1 Å². The van der Waals surface area contributed by atoms with Crippen LogP contribution in [0.1, 0.15) is 24.0 Å². The Balaban J connectivity index is 1.66. The lowest BCUT2D eigenvalue weighted by Crippen LogP contribution is -2.48. The molecule has 0 aliphatic carbocycles. The van der Waals surface area contributed by atoms with Gasteiger partial charge >= 0.3 is 6.01 Å². The fraction of sp³-hybridized carbons (Fsp3) is 0.400. The first kappa shape index (κ1) is 24.9. The number of likely N-dealkylation sites (N-methyl/N-ethyl adjacent to an activating group) is 1. The molecule has 36 heavy (non-hydrogen) atoms. The normalized spacial score (nSPS) is 17.8. The van der Waals surface area contributed by atoms with Crippen LogP contribution in [0.3, 0.4) is 0 Å². The molecular weight excluding hydrogens is 465 g/mol. The summed E-state index contributed by atoms with van der Waals surface area (Å²) in [5.41, 5.74) is 0.160. The Kier molecular flexibility index (Phi) is 7.62. The molecule has 1 amide bonds. The van der Waals surface area contributed by atoms with Crippen molar-refractivity contribution in [2.24, 2.45) is 0 Å². The summed E-state index contributed by atoms with van der Waals surface area (Å²) in [6, 6.07) is 7.93. The molecule has 0 saturated carbocycles. The molecule has 186 valence electrons. The van der Waals surface area contributed by atoms with Crippen molar-refractivity contribution < 1.29 is 18.7 Å². The van der Waals surface area contributed by atoms with Gasteiger partial charge in [0.05, 0.1) is 11.6 Å². The van der Waals surface area contributed by atoms with Crippen molar-refractivity contribution in [3.05, 3.63) is 47.8 Å². The van der Waals surface area contributed by atoms with Crippen LogP contribution in [0.4, 0.5) is 10.2 Å². The number of carbonyl (C=O) groups excluding carboxylic acids is 1. The highest BCUT2D eigenvalue weighted by atomic mass is 19.1. The molecule has 1 aromatic heterocycles. The third-order valence-corrected chi connectivity index (χ3v) is 6.36. The highest BCUT2D eigenvalue weighted by Crippen LogP contribution is 2.33. The van der Waals surface area contributed by atoms with Crippen LogP contribution in [0.15, 0.2) is 30.9 Å². The van der Waals surface area contributed by atoms with E-state index in [0.717, 1.165) is 25.5 Å². The summed E-state index contributed by atoms with van der Waals surface area (Å²) in [5, 5.41) is 19.0. The summed E-state index contributed by atoms with van der Waals surface area (Å²) in [4.78, 5) is 26.5. The summed E-state index contributed by atoms with van der Waals surface area (Å²) < 4.78 is 26.2. The SMILES string of the molecule is C=CC(=O)N1CCN(c2nc(OC[C@@H]3CCCN3C)nc(Oc3ccc(C#N)cc3F)c2C#N)CC1. The van der Waals surface area contributed by atoms with Crippen molar-refractivity contribution in [2.45, 2.75) is 18.9 Å². The number of hydrogen-bond acceptors (Lipinski definition) is 9. The van der Waals surface area contributed by atoms with Gasteiger partial charge in [-0.2, -0.15) is 20.5 Å². The Morgan fingerprint density at radius 2 is 2.00 bits per heavy atom. The van der Waals surface area contributed by atoms with Crippen molar-refractivity contribution >= 4 is 11.7 Å². The van der Waals surface area contributed by atoms with Gasteiger partial charge in [0.25, 0.3) is 0 Å². The van der Waals surface area contributed by atoms with Gasteiger partial charge in [-0.1, -0.05) is 6.58 Å². The minimum Gasteiger partial charge on any atom is -0.462 e. The summed E-state index contributed by atoms with van der Waals surface area (Å²) in [6.45, 7) is 6.54. The van der Waals surface area contributed by atoms with Crippen LogP contribution in [-0.2, 0) is 4.79 Å². The van der Waals surface area contributed by atoms with Gasteiger partial charge in [0.2, 0.25) is 11.8 Å². The number of ether oxygens (including phenoxy) is 2. The molecule has 1 aromatic carbocycles. The van der Waals surface area contributed by atoms with Gasteiger partial charge in [-0.25, -0.2) is 4.39 Å². The zero-order valence-electron chi connectivity index (χ0n) is 20.0. The predicted octanol–water partition coefficient (Wildman–Crippen LogP) is 2.46. The summed E-state index contributed by atoms with van der Waals surface area (Å²) in [7, 11) is 2.03. The van der Waals surface area contributed by atoms with E-state index in [1.54, 1.807) is 4.90 Å². The highest BCUT2D eigenvalue weighted by molar-refractivity contribution is 5.87. The van der Waals surface area contributed by atoms with E-state index in [1.165, 1.54) is 18.2 Å². The first-order chi connectivity index (χ1) is 17.4. The van der Waals surface area contributed by atoms with E-state index >= 15 is 0 Å². The second kappa shape index (κ2) is 11.0. The number of likely N-dealkylation sites (tertiary alicyclic amines) is 1. The van der Waals surface area contributed by atoms with Gasteiger partial charge in [0.15, 0.2) is 22.9 Å². The number of aromatic nitrogens is 2. The molecule has 11 heteroatoms. The van der Waals surface area contributed by atoms with Gasteiger partial charge < -0.3 is 24.2 Å². The molecule has 2 aromatic rings. The van der Waals surface area contributed by atoms with E-state index in [-0.39, 0.29) is 46.5 Å². The van der Waals surface area contributed by atoms with E-state index in [4.69, 9.17) is 14.7 Å². The van der Waals surface area contributed by atoms with Crippen LogP contribution in [0.5, 0.6) is 17.6 Å². The minimum absolute atomic E-state index is 0.0120. The van der Waals surface area contributed by atoms with Gasteiger partial charge in [-0.3, -0.25) is 4.79 Å². The standard InChI is InChI=1S/C25H26FN7O3/c1-3-22(34)32-9-11-33(12-10-32)23-19(15-28)24(36-21-7-6-17(14-27)13-20(21)26)30-25(29-23)35-16-18-5-4-8-31(18)2/h3,6-7,13,18H,1,4-5,8-12,16H2,2H3/t18-/m0/s1. The second-order valence-electron chi connectivity index (χ2n) is 8.58. The third-order valence-electron chi connectivity index (χ3n) is 6.36. The van der Waals surface area contributed by atoms with E-state index in [2.05, 4.69) is 27.5 Å². The monoisotopic (exact) mass is 491 g/mol. The van der Waals surface area contributed by atoms with Crippen molar-refractivity contribution in [3.8, 4) is 29.8 Å². The minimum atomic E-state index is -0.760. The Hall–Kier alpha value is -4.22. The lowest BCUT2D eigenvalue weighted by molar-refractivity contribution is -0.126. The van der Waals surface area contributed by atoms with Crippen LogP contribution >= 0.6 is 0 Å². The molecule has 2 saturated heterocycles. The van der Waals surface area contributed by atoms with E-state index in [9.17, 15) is 14.4 Å². The van der Waals surface area contributed by atoms with E-state index < -0.39 is 5.82 Å². The van der Waals surface area contributed by atoms with Crippen molar-refractivity contribution in [1.29, 1.82) is 10.5 Å². The molecule has 2 aliphatic heterocycles. The quantitative estimate of drug-likeness (QED) is 0.538. The number of carbonyl (C=O) groups is 1. The van der Waals surface area contributed by atoms with Crippen LogP contribution in [0.25, 0.3) is 0 Å². The third kappa shape index (κ3) is 5.37. The molecule has 2 fully saturated rings. The number of nitriles is 2. The Labute approximate surface area is 208 Å². The maximum atomic E-state index is 14.6. The summed E-state index contributed by atoms with van der Waals surface area (Å²) in [5.74, 6) is -0.965. The molecule has 0 unspecified atom stereocenters. The molecule has 0 bridgehead atoms. The number of hydrogen-bond donors (Lipinski definition) is 0. The molecule has 0 radical (unpaired) electrons. The van der Waals surface area contributed by atoms with Crippen LogP contribution < -0.4 is 14.4 Å².